The number of carbonyl (C=O) groups is 1. The molecule has 5 heteroatoms. The number of ether oxygens (including phenoxy) is 1. The molecule has 4 nitrogen and oxygen atoms in total. The topological polar surface area (TPSA) is 50.4 Å². The summed E-state index contributed by atoms with van der Waals surface area (Å²) < 4.78 is 5.16. The van der Waals surface area contributed by atoms with Gasteiger partial charge in [0, 0.05) is 17.6 Å². The number of aryl methyl sites for hydroxylation is 1. The molecule has 2 amide bonds. The highest BCUT2D eigenvalue weighted by atomic mass is 35.5. The van der Waals surface area contributed by atoms with Crippen LogP contribution in [0.2, 0.25) is 5.02 Å². The fourth-order valence-electron chi connectivity index (χ4n) is 1.33. The van der Waals surface area contributed by atoms with Crippen molar-refractivity contribution in [2.24, 2.45) is 0 Å². The van der Waals surface area contributed by atoms with E-state index in [0.29, 0.717) is 23.0 Å². The van der Waals surface area contributed by atoms with Gasteiger partial charge in [0.05, 0.1) is 12.8 Å². The molecule has 0 aliphatic carbocycles. The van der Waals surface area contributed by atoms with Gasteiger partial charge in [0.15, 0.2) is 0 Å². The first-order chi connectivity index (χ1) is 8.08. The van der Waals surface area contributed by atoms with Gasteiger partial charge in [0.2, 0.25) is 0 Å². The molecule has 0 aliphatic rings. The number of anilines is 1. The summed E-state index contributed by atoms with van der Waals surface area (Å²) in [5.74, 6) is 0.548. The first-order valence-corrected chi connectivity index (χ1v) is 5.85. The molecule has 94 valence electrons. The van der Waals surface area contributed by atoms with Gasteiger partial charge >= 0.3 is 6.03 Å². The second kappa shape index (κ2) is 6.35. The second-order valence-corrected chi connectivity index (χ2v) is 4.09. The number of hydrogen-bond donors (Lipinski definition) is 2. The normalized spacial score (nSPS) is 9.88. The van der Waals surface area contributed by atoms with Crippen LogP contribution in [0.5, 0.6) is 5.75 Å². The van der Waals surface area contributed by atoms with E-state index in [1.54, 1.807) is 12.1 Å². The van der Waals surface area contributed by atoms with E-state index in [1.807, 2.05) is 13.8 Å². The third-order valence-corrected chi connectivity index (χ3v) is 2.67. The number of benzene rings is 1. The molecule has 1 aromatic rings. The molecule has 0 aromatic heterocycles. The summed E-state index contributed by atoms with van der Waals surface area (Å²) in [5, 5.41) is 6.07. The molecule has 0 heterocycles. The van der Waals surface area contributed by atoms with E-state index in [9.17, 15) is 4.79 Å². The number of nitrogens with one attached hydrogen (secondary N) is 2. The van der Waals surface area contributed by atoms with E-state index in [4.69, 9.17) is 16.3 Å². The average Bonchev–Trinajstić information content (AvgIpc) is 2.31. The van der Waals surface area contributed by atoms with Gasteiger partial charge in [-0.15, -0.1) is 0 Å². The van der Waals surface area contributed by atoms with Crippen LogP contribution in [-0.2, 0) is 0 Å². The first kappa shape index (κ1) is 13.6. The lowest BCUT2D eigenvalue weighted by Crippen LogP contribution is -2.29. The van der Waals surface area contributed by atoms with E-state index < -0.39 is 0 Å². The van der Waals surface area contributed by atoms with Gasteiger partial charge in [-0.25, -0.2) is 4.79 Å². The van der Waals surface area contributed by atoms with Gasteiger partial charge in [-0.2, -0.15) is 0 Å². The van der Waals surface area contributed by atoms with Crippen molar-refractivity contribution < 1.29 is 9.53 Å². The highest BCUT2D eigenvalue weighted by Gasteiger charge is 2.09. The van der Waals surface area contributed by atoms with Crippen LogP contribution < -0.4 is 15.4 Å². The van der Waals surface area contributed by atoms with Crippen molar-refractivity contribution in [2.75, 3.05) is 19.0 Å². The summed E-state index contributed by atoms with van der Waals surface area (Å²) >= 11 is 5.98. The largest absolute Gasteiger partial charge is 0.495 e. The lowest BCUT2D eigenvalue weighted by molar-refractivity contribution is 0.252. The first-order valence-electron chi connectivity index (χ1n) is 5.47. The lowest BCUT2D eigenvalue weighted by Gasteiger charge is -2.12. The summed E-state index contributed by atoms with van der Waals surface area (Å²) in [6.45, 7) is 4.50. The van der Waals surface area contributed by atoms with Gasteiger partial charge in [0.25, 0.3) is 0 Å². The van der Waals surface area contributed by atoms with Crippen LogP contribution >= 0.6 is 11.6 Å². The third kappa shape index (κ3) is 3.82. The smallest absolute Gasteiger partial charge is 0.319 e. The predicted octanol–water partition coefficient (Wildman–Crippen LogP) is 3.19. The summed E-state index contributed by atoms with van der Waals surface area (Å²) in [4.78, 5) is 11.5. The van der Waals surface area contributed by atoms with E-state index in [-0.39, 0.29) is 6.03 Å². The van der Waals surface area contributed by atoms with E-state index >= 15 is 0 Å². The van der Waals surface area contributed by atoms with Crippen LogP contribution in [0.25, 0.3) is 0 Å². The molecule has 0 spiro atoms. The summed E-state index contributed by atoms with van der Waals surface area (Å²) in [5.41, 5.74) is 1.50. The molecule has 0 saturated heterocycles. The predicted molar refractivity (Wildman–Crippen MR) is 70.1 cm³/mol. The summed E-state index contributed by atoms with van der Waals surface area (Å²) in [6.07, 6.45) is 0.893. The van der Waals surface area contributed by atoms with Gasteiger partial charge in [-0.05, 0) is 25.0 Å². The van der Waals surface area contributed by atoms with Crippen LogP contribution in [0.1, 0.15) is 18.9 Å². The number of rotatable bonds is 4. The molecule has 2 N–H and O–H groups in total. The Kier molecular flexibility index (Phi) is 5.10. The quantitative estimate of drug-likeness (QED) is 0.869. The van der Waals surface area contributed by atoms with Crippen molar-refractivity contribution in [3.05, 3.63) is 22.7 Å². The van der Waals surface area contributed by atoms with E-state index in [0.717, 1.165) is 12.0 Å². The summed E-state index contributed by atoms with van der Waals surface area (Å²) in [6, 6.07) is 3.23. The van der Waals surface area contributed by atoms with Crippen LogP contribution in [0.4, 0.5) is 10.5 Å². The Labute approximate surface area is 106 Å². The average molecular weight is 257 g/mol. The van der Waals surface area contributed by atoms with Crippen molar-refractivity contribution in [1.82, 2.24) is 5.32 Å². The van der Waals surface area contributed by atoms with E-state index in [2.05, 4.69) is 10.6 Å². The molecule has 1 rings (SSSR count). The number of methoxy groups -OCH3 is 1. The number of hydrogen-bond acceptors (Lipinski definition) is 2. The minimum Gasteiger partial charge on any atom is -0.495 e. The number of carbonyl (C=O) groups excluding carboxylic acids is 1. The number of amides is 2. The van der Waals surface area contributed by atoms with Crippen LogP contribution in [0, 0.1) is 6.92 Å². The van der Waals surface area contributed by atoms with Gasteiger partial charge < -0.3 is 15.4 Å². The molecule has 0 fully saturated rings. The van der Waals surface area contributed by atoms with Gasteiger partial charge in [0.1, 0.15) is 5.75 Å². The third-order valence-electron chi connectivity index (χ3n) is 2.26. The molecule has 17 heavy (non-hydrogen) atoms. The maximum absolute atomic E-state index is 11.5. The fourth-order valence-corrected chi connectivity index (χ4v) is 1.49. The molecular formula is C12H17ClN2O2. The van der Waals surface area contributed by atoms with Crippen LogP contribution in [0.3, 0.4) is 0 Å². The van der Waals surface area contributed by atoms with Gasteiger partial charge in [-0.1, -0.05) is 18.5 Å². The lowest BCUT2D eigenvalue weighted by atomic mass is 10.2. The van der Waals surface area contributed by atoms with Crippen molar-refractivity contribution in [1.29, 1.82) is 0 Å². The molecule has 0 aliphatic heterocycles. The Morgan fingerprint density at radius 2 is 2.18 bits per heavy atom. The molecule has 0 saturated carbocycles. The Morgan fingerprint density at radius 3 is 2.76 bits per heavy atom. The summed E-state index contributed by atoms with van der Waals surface area (Å²) in [7, 11) is 1.54. The minimum absolute atomic E-state index is 0.244. The Bertz CT molecular complexity index is 408. The molecule has 0 radical (unpaired) electrons. The molecule has 1 aromatic carbocycles. The fraction of sp³-hybridized carbons (Fsp3) is 0.417. The van der Waals surface area contributed by atoms with Crippen molar-refractivity contribution >= 4 is 23.3 Å². The second-order valence-electron chi connectivity index (χ2n) is 3.68. The van der Waals surface area contributed by atoms with Gasteiger partial charge in [-0.3, -0.25) is 0 Å². The van der Waals surface area contributed by atoms with E-state index in [1.165, 1.54) is 7.11 Å². The zero-order chi connectivity index (χ0) is 12.8. The van der Waals surface area contributed by atoms with Crippen molar-refractivity contribution in [3.8, 4) is 5.75 Å². The Morgan fingerprint density at radius 1 is 1.47 bits per heavy atom. The molecule has 0 atom stereocenters. The van der Waals surface area contributed by atoms with Crippen molar-refractivity contribution in [3.63, 3.8) is 0 Å². The van der Waals surface area contributed by atoms with Crippen LogP contribution in [0.15, 0.2) is 12.1 Å². The standard InChI is InChI=1S/C12H17ClN2O2/c1-4-5-14-12(16)15-10-6-8(2)9(13)7-11(10)17-3/h6-7H,4-5H2,1-3H3,(H2,14,15,16). The van der Waals surface area contributed by atoms with Crippen LogP contribution in [-0.4, -0.2) is 19.7 Å². The van der Waals surface area contributed by atoms with Crippen molar-refractivity contribution in [2.45, 2.75) is 20.3 Å². The Balaban J connectivity index is 2.82. The molecular weight excluding hydrogens is 240 g/mol. The zero-order valence-electron chi connectivity index (χ0n) is 10.3. The minimum atomic E-state index is -0.244. The monoisotopic (exact) mass is 256 g/mol. The maximum atomic E-state index is 11.5. The Hall–Kier alpha value is -1.42. The number of halogens is 1. The molecule has 0 bridgehead atoms. The highest BCUT2D eigenvalue weighted by molar-refractivity contribution is 6.31. The highest BCUT2D eigenvalue weighted by Crippen LogP contribution is 2.30. The number of urea groups is 1. The molecule has 0 unspecified atom stereocenters. The SMILES string of the molecule is CCCNC(=O)Nc1cc(C)c(Cl)cc1OC. The zero-order valence-corrected chi connectivity index (χ0v) is 11.0. The maximum Gasteiger partial charge on any atom is 0.319 e.